The Labute approximate surface area is 113 Å². The molecule has 0 spiro atoms. The number of nitrogens with zero attached hydrogens (tertiary/aromatic N) is 2. The molecule has 0 aliphatic heterocycles. The van der Waals surface area contributed by atoms with Crippen LogP contribution >= 0.6 is 11.6 Å². The number of hydrogen-bond acceptors (Lipinski definition) is 2. The molecule has 0 N–H and O–H groups in total. The number of benzene rings is 1. The smallest absolute Gasteiger partial charge is 0.253 e. The lowest BCUT2D eigenvalue weighted by Crippen LogP contribution is -2.34. The van der Waals surface area contributed by atoms with Crippen molar-refractivity contribution < 1.29 is 4.79 Å². The van der Waals surface area contributed by atoms with E-state index in [1.165, 1.54) is 0 Å². The maximum Gasteiger partial charge on any atom is 0.253 e. The first-order valence-electron chi connectivity index (χ1n) is 5.94. The second kappa shape index (κ2) is 6.42. The Morgan fingerprint density at radius 3 is 2.67 bits per heavy atom. The molecule has 1 atom stereocenters. The first-order valence-corrected chi connectivity index (χ1v) is 6.31. The minimum absolute atomic E-state index is 0.0785. The van der Waals surface area contributed by atoms with Gasteiger partial charge in [-0.15, -0.1) is 0 Å². The average molecular weight is 265 g/mol. The molecule has 18 heavy (non-hydrogen) atoms. The Balaban J connectivity index is 2.93. The van der Waals surface area contributed by atoms with E-state index in [2.05, 4.69) is 6.07 Å². The standard InChI is InChI=1S/C14H17ClN2O/c1-4-17(9-11(3)8-16)14(18)12-5-10(2)6-13(15)7-12/h5-7,11H,4,9H2,1-3H3. The van der Waals surface area contributed by atoms with Crippen molar-refractivity contribution in [3.63, 3.8) is 0 Å². The molecule has 96 valence electrons. The quantitative estimate of drug-likeness (QED) is 0.838. The molecule has 0 radical (unpaired) electrons. The van der Waals surface area contributed by atoms with Gasteiger partial charge in [0.15, 0.2) is 0 Å². The van der Waals surface area contributed by atoms with Gasteiger partial charge >= 0.3 is 0 Å². The van der Waals surface area contributed by atoms with Crippen LogP contribution in [-0.2, 0) is 0 Å². The first-order chi connectivity index (χ1) is 8.47. The molecule has 1 amide bonds. The number of rotatable bonds is 4. The highest BCUT2D eigenvalue weighted by Gasteiger charge is 2.17. The number of amides is 1. The zero-order chi connectivity index (χ0) is 13.7. The predicted molar refractivity (Wildman–Crippen MR) is 72.5 cm³/mol. The van der Waals surface area contributed by atoms with Crippen LogP contribution in [0.2, 0.25) is 5.02 Å². The molecule has 0 heterocycles. The lowest BCUT2D eigenvalue weighted by Gasteiger charge is -2.22. The highest BCUT2D eigenvalue weighted by Crippen LogP contribution is 2.16. The fraction of sp³-hybridized carbons (Fsp3) is 0.429. The van der Waals surface area contributed by atoms with Gasteiger partial charge in [-0.25, -0.2) is 0 Å². The zero-order valence-corrected chi connectivity index (χ0v) is 11.7. The van der Waals surface area contributed by atoms with Crippen LogP contribution in [0.15, 0.2) is 18.2 Å². The van der Waals surface area contributed by atoms with Crippen molar-refractivity contribution in [2.45, 2.75) is 20.8 Å². The van der Waals surface area contributed by atoms with E-state index < -0.39 is 0 Å². The molecule has 0 saturated carbocycles. The largest absolute Gasteiger partial charge is 0.338 e. The first kappa shape index (κ1) is 14.5. The van der Waals surface area contributed by atoms with Gasteiger partial charge in [0.25, 0.3) is 5.91 Å². The lowest BCUT2D eigenvalue weighted by atomic mass is 10.1. The van der Waals surface area contributed by atoms with E-state index in [0.717, 1.165) is 5.56 Å². The topological polar surface area (TPSA) is 44.1 Å². The van der Waals surface area contributed by atoms with Gasteiger partial charge < -0.3 is 4.90 Å². The van der Waals surface area contributed by atoms with Crippen molar-refractivity contribution in [3.05, 3.63) is 34.3 Å². The van der Waals surface area contributed by atoms with Crippen molar-refractivity contribution in [3.8, 4) is 6.07 Å². The normalized spacial score (nSPS) is 11.7. The summed E-state index contributed by atoms with van der Waals surface area (Å²) in [5, 5.41) is 9.37. The molecule has 0 bridgehead atoms. The molecular weight excluding hydrogens is 248 g/mol. The van der Waals surface area contributed by atoms with Gasteiger partial charge in [0.1, 0.15) is 0 Å². The number of carbonyl (C=O) groups is 1. The molecule has 0 aliphatic carbocycles. The summed E-state index contributed by atoms with van der Waals surface area (Å²) >= 11 is 5.95. The summed E-state index contributed by atoms with van der Waals surface area (Å²) in [6.07, 6.45) is 0. The number of hydrogen-bond donors (Lipinski definition) is 0. The molecule has 4 heteroatoms. The second-order valence-corrected chi connectivity index (χ2v) is 4.83. The van der Waals surface area contributed by atoms with Crippen LogP contribution in [0.25, 0.3) is 0 Å². The maximum absolute atomic E-state index is 12.3. The van der Waals surface area contributed by atoms with Gasteiger partial charge in [-0.2, -0.15) is 5.26 Å². The van der Waals surface area contributed by atoms with E-state index >= 15 is 0 Å². The number of aryl methyl sites for hydroxylation is 1. The van der Waals surface area contributed by atoms with Crippen LogP contribution in [0.4, 0.5) is 0 Å². The molecule has 3 nitrogen and oxygen atoms in total. The van der Waals surface area contributed by atoms with Crippen molar-refractivity contribution >= 4 is 17.5 Å². The summed E-state index contributed by atoms with van der Waals surface area (Å²) < 4.78 is 0. The fourth-order valence-electron chi connectivity index (χ4n) is 1.77. The van der Waals surface area contributed by atoms with Gasteiger partial charge in [0.05, 0.1) is 12.0 Å². The van der Waals surface area contributed by atoms with Crippen molar-refractivity contribution in [1.29, 1.82) is 5.26 Å². The summed E-state index contributed by atoms with van der Waals surface area (Å²) in [7, 11) is 0. The minimum atomic E-state index is -0.172. The van der Waals surface area contributed by atoms with Crippen LogP contribution in [0.1, 0.15) is 29.8 Å². The fourth-order valence-corrected chi connectivity index (χ4v) is 2.06. The average Bonchev–Trinajstić information content (AvgIpc) is 2.33. The van der Waals surface area contributed by atoms with E-state index in [1.54, 1.807) is 17.9 Å². The second-order valence-electron chi connectivity index (χ2n) is 4.39. The summed E-state index contributed by atoms with van der Waals surface area (Å²) in [6.45, 7) is 6.63. The predicted octanol–water partition coefficient (Wildman–Crippen LogP) is 3.27. The Morgan fingerprint density at radius 1 is 1.50 bits per heavy atom. The van der Waals surface area contributed by atoms with Crippen molar-refractivity contribution in [2.24, 2.45) is 5.92 Å². The summed E-state index contributed by atoms with van der Waals surface area (Å²) in [5.41, 5.74) is 1.53. The molecule has 0 aromatic heterocycles. The molecular formula is C14H17ClN2O. The highest BCUT2D eigenvalue weighted by molar-refractivity contribution is 6.31. The molecule has 1 unspecified atom stereocenters. The molecule has 1 aromatic rings. The number of carbonyl (C=O) groups excluding carboxylic acids is 1. The molecule has 0 aliphatic rings. The van der Waals surface area contributed by atoms with Crippen LogP contribution in [0.5, 0.6) is 0 Å². The monoisotopic (exact) mass is 264 g/mol. The third-order valence-corrected chi connectivity index (χ3v) is 2.89. The molecule has 0 fully saturated rings. The van der Waals surface area contributed by atoms with E-state index in [9.17, 15) is 4.79 Å². The van der Waals surface area contributed by atoms with Crippen molar-refractivity contribution in [2.75, 3.05) is 13.1 Å². The Kier molecular flexibility index (Phi) is 5.18. The third-order valence-electron chi connectivity index (χ3n) is 2.67. The minimum Gasteiger partial charge on any atom is -0.338 e. The van der Waals surface area contributed by atoms with Gasteiger partial charge in [0, 0.05) is 23.7 Å². The van der Waals surface area contributed by atoms with E-state index in [-0.39, 0.29) is 11.8 Å². The van der Waals surface area contributed by atoms with Crippen molar-refractivity contribution in [1.82, 2.24) is 4.90 Å². The van der Waals surface area contributed by atoms with E-state index in [0.29, 0.717) is 23.7 Å². The van der Waals surface area contributed by atoms with Gasteiger partial charge in [-0.1, -0.05) is 11.6 Å². The lowest BCUT2D eigenvalue weighted by molar-refractivity contribution is 0.0752. The van der Waals surface area contributed by atoms with Crippen LogP contribution < -0.4 is 0 Å². The summed E-state index contributed by atoms with van der Waals surface area (Å²) in [4.78, 5) is 14.0. The molecule has 1 aromatic carbocycles. The van der Waals surface area contributed by atoms with E-state index in [4.69, 9.17) is 16.9 Å². The van der Waals surface area contributed by atoms with Crippen LogP contribution in [0.3, 0.4) is 0 Å². The SMILES string of the molecule is CCN(CC(C)C#N)C(=O)c1cc(C)cc(Cl)c1. The maximum atomic E-state index is 12.3. The number of halogens is 1. The van der Waals surface area contributed by atoms with E-state index in [1.807, 2.05) is 26.0 Å². The Hall–Kier alpha value is -1.53. The van der Waals surface area contributed by atoms with Crippen LogP contribution in [-0.4, -0.2) is 23.9 Å². The highest BCUT2D eigenvalue weighted by atomic mass is 35.5. The summed E-state index contributed by atoms with van der Waals surface area (Å²) in [6, 6.07) is 7.43. The van der Waals surface area contributed by atoms with Gasteiger partial charge in [-0.3, -0.25) is 4.79 Å². The third kappa shape index (κ3) is 3.75. The Bertz CT molecular complexity index is 459. The van der Waals surface area contributed by atoms with Crippen LogP contribution in [0, 0.1) is 24.2 Å². The molecule has 1 rings (SSSR count). The summed E-state index contributed by atoms with van der Waals surface area (Å²) in [5.74, 6) is -0.251. The zero-order valence-electron chi connectivity index (χ0n) is 10.9. The molecule has 0 saturated heterocycles. The number of nitriles is 1. The van der Waals surface area contributed by atoms with Gasteiger partial charge in [0.2, 0.25) is 0 Å². The Morgan fingerprint density at radius 2 is 2.17 bits per heavy atom. The van der Waals surface area contributed by atoms with Gasteiger partial charge in [-0.05, 0) is 44.5 Å².